The lowest BCUT2D eigenvalue weighted by Gasteiger charge is -2.21. The minimum Gasteiger partial charge on any atom is -0.423 e. The van der Waals surface area contributed by atoms with E-state index in [-0.39, 0.29) is 0 Å². The van der Waals surface area contributed by atoms with E-state index in [0.29, 0.717) is 6.01 Å². The molecule has 6 aromatic carbocycles. The Morgan fingerprint density at radius 2 is 1.23 bits per heavy atom. The van der Waals surface area contributed by atoms with Gasteiger partial charge in [0.2, 0.25) is 0 Å². The largest absolute Gasteiger partial charge is 0.423 e. The molecular formula is C35H22N2OS. The van der Waals surface area contributed by atoms with Crippen molar-refractivity contribution in [3.8, 4) is 11.1 Å². The lowest BCUT2D eigenvalue weighted by molar-refractivity contribution is 0.608. The molecule has 0 aliphatic carbocycles. The second-order valence-electron chi connectivity index (χ2n) is 9.66. The standard InChI is InChI=1S/C35H22N2OS/c1-2-8-23(9-3-1)24-14-17-26(18-15-24)37(27-19-20-30-29-12-6-7-13-32(29)39-33(30)22-27)35-36-34-28-11-5-4-10-25(28)16-21-31(34)38-35/h1-22H. The maximum atomic E-state index is 6.45. The number of thiophene rings is 1. The number of rotatable bonds is 4. The molecule has 0 fully saturated rings. The third-order valence-corrected chi connectivity index (χ3v) is 8.45. The minimum absolute atomic E-state index is 0.550. The molecule has 0 amide bonds. The summed E-state index contributed by atoms with van der Waals surface area (Å²) in [7, 11) is 0. The van der Waals surface area contributed by atoms with E-state index < -0.39 is 0 Å². The van der Waals surface area contributed by atoms with Crippen LogP contribution in [-0.4, -0.2) is 4.98 Å². The van der Waals surface area contributed by atoms with Crippen molar-refractivity contribution >= 4 is 70.8 Å². The Labute approximate surface area is 229 Å². The first-order valence-corrected chi connectivity index (χ1v) is 13.8. The molecule has 0 aliphatic rings. The molecule has 2 heterocycles. The molecule has 0 bridgehead atoms. The molecule has 2 aromatic heterocycles. The van der Waals surface area contributed by atoms with Gasteiger partial charge < -0.3 is 4.42 Å². The molecule has 0 saturated heterocycles. The number of aromatic nitrogens is 1. The summed E-state index contributed by atoms with van der Waals surface area (Å²) in [5.74, 6) is 0. The fourth-order valence-corrected chi connectivity index (χ4v) is 6.54. The zero-order valence-electron chi connectivity index (χ0n) is 20.9. The monoisotopic (exact) mass is 518 g/mol. The quantitative estimate of drug-likeness (QED) is 0.232. The highest BCUT2D eigenvalue weighted by Crippen LogP contribution is 2.41. The third-order valence-electron chi connectivity index (χ3n) is 7.32. The SMILES string of the molecule is c1ccc(-c2ccc(N(c3ccc4c(c3)sc3ccccc34)c3nc4c(ccc5ccccc54)o3)cc2)cc1. The van der Waals surface area contributed by atoms with E-state index in [1.807, 2.05) is 29.5 Å². The topological polar surface area (TPSA) is 29.3 Å². The van der Waals surface area contributed by atoms with E-state index in [0.717, 1.165) is 33.2 Å². The number of fused-ring (bicyclic) bond motifs is 6. The maximum Gasteiger partial charge on any atom is 0.307 e. The Balaban J connectivity index is 1.32. The molecule has 0 spiro atoms. The van der Waals surface area contributed by atoms with Crippen LogP contribution in [0.25, 0.3) is 53.2 Å². The predicted octanol–water partition coefficient (Wildman–Crippen LogP) is 10.5. The van der Waals surface area contributed by atoms with Crippen LogP contribution < -0.4 is 4.90 Å². The number of hydrogen-bond donors (Lipinski definition) is 0. The molecule has 3 nitrogen and oxygen atoms in total. The van der Waals surface area contributed by atoms with Crippen molar-refractivity contribution in [2.75, 3.05) is 4.90 Å². The molecule has 4 heteroatoms. The van der Waals surface area contributed by atoms with Crippen LogP contribution in [0.3, 0.4) is 0 Å². The van der Waals surface area contributed by atoms with Gasteiger partial charge in [0.1, 0.15) is 5.52 Å². The van der Waals surface area contributed by atoms with E-state index in [9.17, 15) is 0 Å². The highest BCUT2D eigenvalue weighted by Gasteiger charge is 2.21. The Kier molecular flexibility index (Phi) is 5.00. The first-order valence-electron chi connectivity index (χ1n) is 13.0. The zero-order chi connectivity index (χ0) is 25.8. The van der Waals surface area contributed by atoms with E-state index in [1.54, 1.807) is 0 Å². The molecule has 39 heavy (non-hydrogen) atoms. The van der Waals surface area contributed by atoms with E-state index in [4.69, 9.17) is 9.40 Å². The van der Waals surface area contributed by atoms with Crippen molar-refractivity contribution in [2.24, 2.45) is 0 Å². The number of nitrogens with zero attached hydrogens (tertiary/aromatic N) is 2. The summed E-state index contributed by atoms with van der Waals surface area (Å²) in [5, 5.41) is 4.79. The van der Waals surface area contributed by atoms with Crippen LogP contribution in [0.2, 0.25) is 0 Å². The molecule has 0 radical (unpaired) electrons. The first kappa shape index (κ1) is 22.1. The van der Waals surface area contributed by atoms with E-state index in [2.05, 4.69) is 120 Å². The van der Waals surface area contributed by atoms with Crippen LogP contribution in [0.4, 0.5) is 17.4 Å². The average molecular weight is 519 g/mol. The van der Waals surface area contributed by atoms with E-state index in [1.165, 1.54) is 31.3 Å². The smallest absolute Gasteiger partial charge is 0.307 e. The molecular weight excluding hydrogens is 496 g/mol. The lowest BCUT2D eigenvalue weighted by Crippen LogP contribution is -2.10. The number of oxazole rings is 1. The second kappa shape index (κ2) is 8.83. The minimum atomic E-state index is 0.550. The predicted molar refractivity (Wildman–Crippen MR) is 165 cm³/mol. The molecule has 8 aromatic rings. The lowest BCUT2D eigenvalue weighted by atomic mass is 10.1. The average Bonchev–Trinajstić information content (AvgIpc) is 3.59. The third kappa shape index (κ3) is 3.69. The Morgan fingerprint density at radius 3 is 2.10 bits per heavy atom. The first-order chi connectivity index (χ1) is 19.3. The number of hydrogen-bond acceptors (Lipinski definition) is 4. The van der Waals surface area contributed by atoms with Gasteiger partial charge in [-0.2, -0.15) is 4.98 Å². The van der Waals surface area contributed by atoms with Crippen molar-refractivity contribution in [2.45, 2.75) is 0 Å². The Morgan fingerprint density at radius 1 is 0.538 bits per heavy atom. The normalized spacial score (nSPS) is 11.6. The number of benzene rings is 6. The van der Waals surface area contributed by atoms with Crippen LogP contribution in [0.1, 0.15) is 0 Å². The van der Waals surface area contributed by atoms with Gasteiger partial charge in [-0.1, -0.05) is 97.1 Å². The van der Waals surface area contributed by atoms with Gasteiger partial charge >= 0.3 is 6.01 Å². The highest BCUT2D eigenvalue weighted by molar-refractivity contribution is 7.25. The van der Waals surface area contributed by atoms with Crippen LogP contribution in [0, 0.1) is 0 Å². The van der Waals surface area contributed by atoms with Crippen molar-refractivity contribution in [1.29, 1.82) is 0 Å². The van der Waals surface area contributed by atoms with Crippen LogP contribution in [0.5, 0.6) is 0 Å². The fourth-order valence-electron chi connectivity index (χ4n) is 5.40. The summed E-state index contributed by atoms with van der Waals surface area (Å²) in [5.41, 5.74) is 6.01. The van der Waals surface area contributed by atoms with Crippen molar-refractivity contribution in [3.05, 3.63) is 133 Å². The highest BCUT2D eigenvalue weighted by atomic mass is 32.1. The Hall–Kier alpha value is -4.93. The summed E-state index contributed by atoms with van der Waals surface area (Å²) < 4.78 is 8.98. The molecule has 0 atom stereocenters. The number of anilines is 3. The van der Waals surface area contributed by atoms with Gasteiger partial charge in [-0.05, 0) is 52.9 Å². The van der Waals surface area contributed by atoms with Crippen LogP contribution in [-0.2, 0) is 0 Å². The van der Waals surface area contributed by atoms with Crippen LogP contribution in [0.15, 0.2) is 138 Å². The zero-order valence-corrected chi connectivity index (χ0v) is 21.7. The molecule has 0 aliphatic heterocycles. The Bertz CT molecular complexity index is 2120. The summed E-state index contributed by atoms with van der Waals surface area (Å²) in [4.78, 5) is 7.18. The fraction of sp³-hybridized carbons (Fsp3) is 0. The van der Waals surface area contributed by atoms with Crippen molar-refractivity contribution < 1.29 is 4.42 Å². The summed E-state index contributed by atoms with van der Waals surface area (Å²) in [6, 6.07) is 47.2. The summed E-state index contributed by atoms with van der Waals surface area (Å²) >= 11 is 1.81. The van der Waals surface area contributed by atoms with Gasteiger partial charge in [0.25, 0.3) is 0 Å². The summed E-state index contributed by atoms with van der Waals surface area (Å²) in [6.45, 7) is 0. The molecule has 0 unspecified atom stereocenters. The van der Waals surface area contributed by atoms with E-state index >= 15 is 0 Å². The maximum absolute atomic E-state index is 6.45. The van der Waals surface area contributed by atoms with Gasteiger partial charge in [-0.3, -0.25) is 4.90 Å². The van der Waals surface area contributed by atoms with Crippen molar-refractivity contribution in [3.63, 3.8) is 0 Å². The molecule has 184 valence electrons. The molecule has 0 saturated carbocycles. The van der Waals surface area contributed by atoms with Gasteiger partial charge in [0.05, 0.1) is 11.4 Å². The molecule has 8 rings (SSSR count). The van der Waals surface area contributed by atoms with Gasteiger partial charge in [0.15, 0.2) is 5.58 Å². The second-order valence-corrected chi connectivity index (χ2v) is 10.7. The molecule has 0 N–H and O–H groups in total. The summed E-state index contributed by atoms with van der Waals surface area (Å²) in [6.07, 6.45) is 0. The van der Waals surface area contributed by atoms with Crippen molar-refractivity contribution in [1.82, 2.24) is 4.98 Å². The van der Waals surface area contributed by atoms with Gasteiger partial charge in [-0.15, -0.1) is 11.3 Å². The van der Waals surface area contributed by atoms with Crippen LogP contribution >= 0.6 is 11.3 Å². The van der Waals surface area contributed by atoms with Gasteiger partial charge in [-0.25, -0.2) is 0 Å². The van der Waals surface area contributed by atoms with Gasteiger partial charge in [0, 0.05) is 25.6 Å².